The van der Waals surface area contributed by atoms with E-state index in [0.29, 0.717) is 5.84 Å². The van der Waals surface area contributed by atoms with Crippen LogP contribution in [0.3, 0.4) is 0 Å². The van der Waals surface area contributed by atoms with Crippen molar-refractivity contribution in [3.05, 3.63) is 5.32 Å². The van der Waals surface area contributed by atoms with Gasteiger partial charge in [0.05, 0.1) is 6.19 Å². The topological polar surface area (TPSA) is 50.2 Å². The summed E-state index contributed by atoms with van der Waals surface area (Å²) < 4.78 is 0. The van der Waals surface area contributed by atoms with Crippen LogP contribution in [-0.4, -0.2) is 12.9 Å². The van der Waals surface area contributed by atoms with Crippen molar-refractivity contribution >= 4 is 5.84 Å². The van der Waals surface area contributed by atoms with Crippen LogP contribution in [0, 0.1) is 16.9 Å². The number of nitrogens with zero attached hydrogens (tertiary/aromatic N) is 3. The van der Waals surface area contributed by atoms with Crippen molar-refractivity contribution in [3.63, 3.8) is 0 Å². The van der Waals surface area contributed by atoms with Crippen LogP contribution in [0.15, 0.2) is 4.99 Å². The van der Waals surface area contributed by atoms with Gasteiger partial charge in [-0.25, -0.2) is 0 Å². The molecule has 0 amide bonds. The summed E-state index contributed by atoms with van der Waals surface area (Å²) >= 11 is 0. The standard InChI is InChI=1S/C7H12N3.Rh/c1-7(2,3)6(9-4)10-5-8;/h1-4H3;/q-1;. The Morgan fingerprint density at radius 3 is 2.00 bits per heavy atom. The Hall–Kier alpha value is -0.417. The molecule has 65 valence electrons. The summed E-state index contributed by atoms with van der Waals surface area (Å²) in [6.07, 6.45) is 1.72. The minimum absolute atomic E-state index is 0. The van der Waals surface area contributed by atoms with Crippen molar-refractivity contribution in [3.8, 4) is 6.19 Å². The van der Waals surface area contributed by atoms with Gasteiger partial charge in [0, 0.05) is 19.5 Å². The quantitative estimate of drug-likeness (QED) is 0.276. The number of hydrogen-bond donors (Lipinski definition) is 0. The zero-order chi connectivity index (χ0) is 8.20. The third kappa shape index (κ3) is 4.92. The van der Waals surface area contributed by atoms with Crippen molar-refractivity contribution in [2.75, 3.05) is 7.05 Å². The molecule has 0 aromatic rings. The van der Waals surface area contributed by atoms with E-state index < -0.39 is 0 Å². The molecule has 0 spiro atoms. The van der Waals surface area contributed by atoms with Gasteiger partial charge in [0.1, 0.15) is 0 Å². The van der Waals surface area contributed by atoms with Crippen LogP contribution in [-0.2, 0) is 19.5 Å². The van der Waals surface area contributed by atoms with Gasteiger partial charge in [0.25, 0.3) is 0 Å². The molecule has 0 rings (SSSR count). The zero-order valence-electron chi connectivity index (χ0n) is 7.17. The van der Waals surface area contributed by atoms with Crippen molar-refractivity contribution < 1.29 is 19.5 Å². The second kappa shape index (κ2) is 5.26. The predicted octanol–water partition coefficient (Wildman–Crippen LogP) is 1.91. The summed E-state index contributed by atoms with van der Waals surface area (Å²) in [4.78, 5) is 3.57. The van der Waals surface area contributed by atoms with Crippen LogP contribution in [0.5, 0.6) is 0 Å². The predicted molar refractivity (Wildman–Crippen MR) is 41.8 cm³/mol. The number of hydrogen-bond acceptors (Lipinski definition) is 2. The molecule has 0 aliphatic carbocycles. The summed E-state index contributed by atoms with van der Waals surface area (Å²) in [5.41, 5.74) is -0.121. The fraction of sp³-hybridized carbons (Fsp3) is 0.714. The summed E-state index contributed by atoms with van der Waals surface area (Å²) in [5.74, 6) is 0.593. The first-order valence-electron chi connectivity index (χ1n) is 3.09. The number of aliphatic imine (C=N–C) groups is 1. The largest absolute Gasteiger partial charge is 0.471 e. The van der Waals surface area contributed by atoms with E-state index >= 15 is 0 Å². The fourth-order valence-electron chi connectivity index (χ4n) is 0.600. The number of nitriles is 1. The molecule has 0 aromatic carbocycles. The molecule has 0 atom stereocenters. The molecular formula is C7H12N3Rh-. The molecular weight excluding hydrogens is 229 g/mol. The average molecular weight is 241 g/mol. The van der Waals surface area contributed by atoms with Crippen LogP contribution in [0.4, 0.5) is 0 Å². The molecule has 0 aliphatic rings. The van der Waals surface area contributed by atoms with E-state index in [1.807, 2.05) is 20.8 Å². The number of rotatable bonds is 0. The van der Waals surface area contributed by atoms with Crippen LogP contribution < -0.4 is 0 Å². The van der Waals surface area contributed by atoms with Crippen molar-refractivity contribution in [2.24, 2.45) is 10.4 Å². The van der Waals surface area contributed by atoms with E-state index in [1.54, 1.807) is 13.2 Å². The third-order valence-electron chi connectivity index (χ3n) is 1.04. The summed E-state index contributed by atoms with van der Waals surface area (Å²) in [6, 6.07) is 0. The van der Waals surface area contributed by atoms with E-state index in [4.69, 9.17) is 5.26 Å². The van der Waals surface area contributed by atoms with Gasteiger partial charge in [0.2, 0.25) is 0 Å². The summed E-state index contributed by atoms with van der Waals surface area (Å²) in [7, 11) is 1.64. The van der Waals surface area contributed by atoms with E-state index in [2.05, 4.69) is 10.3 Å². The van der Waals surface area contributed by atoms with Crippen molar-refractivity contribution in [1.29, 1.82) is 5.26 Å². The molecule has 4 heteroatoms. The summed E-state index contributed by atoms with van der Waals surface area (Å²) in [6.45, 7) is 5.91. The van der Waals surface area contributed by atoms with E-state index in [9.17, 15) is 0 Å². The molecule has 0 fully saturated rings. The first-order valence-corrected chi connectivity index (χ1v) is 3.09. The second-order valence-electron chi connectivity index (χ2n) is 3.01. The number of amidine groups is 1. The van der Waals surface area contributed by atoms with Gasteiger partial charge in [-0.2, -0.15) is 5.26 Å². The first-order chi connectivity index (χ1) is 4.52. The Bertz CT molecular complexity index is 173. The molecule has 0 heterocycles. The SMILES string of the molecule is C[N-]C(=NC#N)C(C)(C)C.[Rh]. The van der Waals surface area contributed by atoms with Crippen LogP contribution in [0.25, 0.3) is 5.32 Å². The molecule has 0 saturated carbocycles. The first kappa shape index (κ1) is 13.2. The zero-order valence-corrected chi connectivity index (χ0v) is 8.81. The van der Waals surface area contributed by atoms with Gasteiger partial charge < -0.3 is 10.3 Å². The van der Waals surface area contributed by atoms with E-state index in [1.165, 1.54) is 0 Å². The Labute approximate surface area is 80.6 Å². The molecule has 0 aliphatic heterocycles. The van der Waals surface area contributed by atoms with Gasteiger partial charge in [-0.1, -0.05) is 33.7 Å². The van der Waals surface area contributed by atoms with Crippen LogP contribution in [0.2, 0.25) is 0 Å². The maximum atomic E-state index is 8.23. The van der Waals surface area contributed by atoms with Gasteiger partial charge in [-0.3, -0.25) is 0 Å². The Kier molecular flexibility index (Phi) is 6.31. The Morgan fingerprint density at radius 1 is 1.45 bits per heavy atom. The van der Waals surface area contributed by atoms with Gasteiger partial charge >= 0.3 is 0 Å². The van der Waals surface area contributed by atoms with Gasteiger partial charge in [0.15, 0.2) is 0 Å². The van der Waals surface area contributed by atoms with Crippen LogP contribution >= 0.6 is 0 Å². The monoisotopic (exact) mass is 241 g/mol. The van der Waals surface area contributed by atoms with E-state index in [0.717, 1.165) is 0 Å². The summed E-state index contributed by atoms with van der Waals surface area (Å²) in [5, 5.41) is 12.1. The minimum Gasteiger partial charge on any atom is -0.471 e. The molecule has 0 saturated heterocycles. The molecule has 11 heavy (non-hydrogen) atoms. The van der Waals surface area contributed by atoms with E-state index in [-0.39, 0.29) is 24.9 Å². The second-order valence-corrected chi connectivity index (χ2v) is 3.01. The smallest absolute Gasteiger partial charge is 0.0859 e. The van der Waals surface area contributed by atoms with Gasteiger partial charge in [-0.15, -0.1) is 0 Å². The molecule has 0 bridgehead atoms. The maximum Gasteiger partial charge on any atom is 0.0859 e. The minimum atomic E-state index is -0.121. The molecule has 1 radical (unpaired) electrons. The van der Waals surface area contributed by atoms with Crippen molar-refractivity contribution in [1.82, 2.24) is 0 Å². The van der Waals surface area contributed by atoms with Gasteiger partial charge in [-0.05, 0) is 5.41 Å². The Morgan fingerprint density at radius 2 is 1.91 bits per heavy atom. The normalized spacial score (nSPS) is 11.4. The molecule has 0 N–H and O–H groups in total. The van der Waals surface area contributed by atoms with Crippen molar-refractivity contribution in [2.45, 2.75) is 20.8 Å². The maximum absolute atomic E-state index is 8.23. The molecule has 3 nitrogen and oxygen atoms in total. The average Bonchev–Trinajstić information content (AvgIpc) is 1.80. The fourth-order valence-corrected chi connectivity index (χ4v) is 0.600. The Balaban J connectivity index is 0. The van der Waals surface area contributed by atoms with Crippen LogP contribution in [0.1, 0.15) is 20.8 Å². The molecule has 0 aromatic heterocycles. The third-order valence-corrected chi connectivity index (χ3v) is 1.04. The molecule has 0 unspecified atom stereocenters.